The molecule has 6 heteroatoms. The van der Waals surface area contributed by atoms with Gasteiger partial charge in [0.15, 0.2) is 0 Å². The van der Waals surface area contributed by atoms with E-state index < -0.39 is 0 Å². The van der Waals surface area contributed by atoms with Crippen molar-refractivity contribution in [1.82, 2.24) is 19.7 Å². The van der Waals surface area contributed by atoms with Gasteiger partial charge in [-0.3, -0.25) is 9.20 Å². The fourth-order valence-corrected chi connectivity index (χ4v) is 2.72. The Morgan fingerprint density at radius 3 is 2.67 bits per heavy atom. The van der Waals surface area contributed by atoms with Crippen LogP contribution in [-0.4, -0.2) is 20.3 Å². The highest BCUT2D eigenvalue weighted by atomic mass is 16.5. The third-order valence-electron chi connectivity index (χ3n) is 4.05. The lowest BCUT2D eigenvalue weighted by Crippen LogP contribution is -2.23. The normalized spacial score (nSPS) is 10.7. The number of para-hydroxylation sites is 2. The molecule has 0 saturated heterocycles. The van der Waals surface area contributed by atoms with Crippen molar-refractivity contribution < 1.29 is 9.53 Å². The number of amides is 1. The highest BCUT2D eigenvalue weighted by Crippen LogP contribution is 2.25. The SMILES string of the molecule is Cc1ccn2cc(CNC(=O)c3ccccc3Oc3ccccc3)nc2n1. The zero-order valence-electron chi connectivity index (χ0n) is 14.8. The molecule has 0 fully saturated rings. The number of aryl methyl sites for hydroxylation is 1. The summed E-state index contributed by atoms with van der Waals surface area (Å²) < 4.78 is 7.69. The van der Waals surface area contributed by atoms with Crippen LogP contribution in [0, 0.1) is 6.92 Å². The Labute approximate surface area is 156 Å². The number of nitrogens with one attached hydrogen (secondary N) is 1. The molecule has 6 nitrogen and oxygen atoms in total. The van der Waals surface area contributed by atoms with Gasteiger partial charge in [0.05, 0.1) is 17.8 Å². The Bertz CT molecular complexity index is 1090. The minimum Gasteiger partial charge on any atom is -0.457 e. The van der Waals surface area contributed by atoms with E-state index in [-0.39, 0.29) is 5.91 Å². The number of hydrogen-bond donors (Lipinski definition) is 1. The third-order valence-corrected chi connectivity index (χ3v) is 4.05. The third kappa shape index (κ3) is 3.79. The number of fused-ring (bicyclic) bond motifs is 1. The van der Waals surface area contributed by atoms with Crippen molar-refractivity contribution in [3.05, 3.63) is 90.0 Å². The first-order valence-electron chi connectivity index (χ1n) is 8.60. The predicted octanol–water partition coefficient (Wildman–Crippen LogP) is 3.76. The molecule has 0 aliphatic rings. The van der Waals surface area contributed by atoms with Crippen LogP contribution in [0.2, 0.25) is 0 Å². The van der Waals surface area contributed by atoms with Gasteiger partial charge in [-0.2, -0.15) is 0 Å². The summed E-state index contributed by atoms with van der Waals surface area (Å²) >= 11 is 0. The minimum absolute atomic E-state index is 0.220. The summed E-state index contributed by atoms with van der Waals surface area (Å²) in [5.41, 5.74) is 2.11. The van der Waals surface area contributed by atoms with Crippen LogP contribution in [0.5, 0.6) is 11.5 Å². The van der Waals surface area contributed by atoms with Crippen LogP contribution >= 0.6 is 0 Å². The first-order valence-corrected chi connectivity index (χ1v) is 8.60. The fraction of sp³-hybridized carbons (Fsp3) is 0.0952. The molecule has 2 aromatic heterocycles. The zero-order valence-corrected chi connectivity index (χ0v) is 14.8. The maximum atomic E-state index is 12.7. The van der Waals surface area contributed by atoms with Crippen LogP contribution in [0.3, 0.4) is 0 Å². The van der Waals surface area contributed by atoms with Gasteiger partial charge in [-0.05, 0) is 37.3 Å². The first kappa shape index (κ1) is 16.8. The average Bonchev–Trinajstić information content (AvgIpc) is 3.09. The molecule has 0 bridgehead atoms. The predicted molar refractivity (Wildman–Crippen MR) is 102 cm³/mol. The van der Waals surface area contributed by atoms with Crippen LogP contribution in [0.1, 0.15) is 21.7 Å². The lowest BCUT2D eigenvalue weighted by molar-refractivity contribution is 0.0948. The monoisotopic (exact) mass is 358 g/mol. The lowest BCUT2D eigenvalue weighted by atomic mass is 10.2. The van der Waals surface area contributed by atoms with E-state index in [4.69, 9.17) is 4.74 Å². The van der Waals surface area contributed by atoms with Crippen molar-refractivity contribution >= 4 is 11.7 Å². The first-order chi connectivity index (χ1) is 13.2. The number of carbonyl (C=O) groups is 1. The summed E-state index contributed by atoms with van der Waals surface area (Å²) in [6.07, 6.45) is 3.76. The molecule has 0 aliphatic heterocycles. The van der Waals surface area contributed by atoms with Crippen molar-refractivity contribution in [2.45, 2.75) is 13.5 Å². The lowest BCUT2D eigenvalue weighted by Gasteiger charge is -2.11. The van der Waals surface area contributed by atoms with E-state index in [1.807, 2.05) is 72.2 Å². The summed E-state index contributed by atoms with van der Waals surface area (Å²) in [4.78, 5) is 21.5. The van der Waals surface area contributed by atoms with E-state index in [2.05, 4.69) is 15.3 Å². The molecule has 0 atom stereocenters. The minimum atomic E-state index is -0.220. The average molecular weight is 358 g/mol. The van der Waals surface area contributed by atoms with Crippen LogP contribution in [0.15, 0.2) is 73.1 Å². The quantitative estimate of drug-likeness (QED) is 0.590. The van der Waals surface area contributed by atoms with Crippen LogP contribution in [-0.2, 0) is 6.54 Å². The number of hydrogen-bond acceptors (Lipinski definition) is 4. The van der Waals surface area contributed by atoms with Gasteiger partial charge >= 0.3 is 0 Å². The number of rotatable bonds is 5. The van der Waals surface area contributed by atoms with E-state index in [0.717, 1.165) is 11.4 Å². The number of benzene rings is 2. The van der Waals surface area contributed by atoms with Gasteiger partial charge in [-0.25, -0.2) is 9.97 Å². The maximum Gasteiger partial charge on any atom is 0.255 e. The molecule has 0 spiro atoms. The molecule has 2 heterocycles. The van der Waals surface area contributed by atoms with E-state index in [1.54, 1.807) is 12.1 Å². The topological polar surface area (TPSA) is 68.5 Å². The number of aromatic nitrogens is 3. The summed E-state index contributed by atoms with van der Waals surface area (Å²) in [6, 6.07) is 18.5. The molecule has 27 heavy (non-hydrogen) atoms. The van der Waals surface area contributed by atoms with Crippen molar-refractivity contribution in [2.75, 3.05) is 0 Å². The molecule has 0 saturated carbocycles. The van der Waals surface area contributed by atoms with Crippen molar-refractivity contribution in [3.63, 3.8) is 0 Å². The summed E-state index contributed by atoms with van der Waals surface area (Å²) in [5, 5.41) is 2.89. The van der Waals surface area contributed by atoms with Gasteiger partial charge in [0.1, 0.15) is 11.5 Å². The Kier molecular flexibility index (Phi) is 4.53. The van der Waals surface area contributed by atoms with E-state index in [9.17, 15) is 4.79 Å². The van der Waals surface area contributed by atoms with Gasteiger partial charge in [0, 0.05) is 18.1 Å². The molecule has 4 rings (SSSR count). The number of ether oxygens (including phenoxy) is 1. The molecular weight excluding hydrogens is 340 g/mol. The summed E-state index contributed by atoms with van der Waals surface area (Å²) in [5.74, 6) is 1.59. The maximum absolute atomic E-state index is 12.7. The molecular formula is C21H18N4O2. The van der Waals surface area contributed by atoms with Gasteiger partial charge in [-0.1, -0.05) is 30.3 Å². The van der Waals surface area contributed by atoms with E-state index >= 15 is 0 Å². The summed E-state index contributed by atoms with van der Waals surface area (Å²) in [6.45, 7) is 2.22. The molecule has 0 aliphatic carbocycles. The Balaban J connectivity index is 1.49. The van der Waals surface area contributed by atoms with Gasteiger partial charge < -0.3 is 10.1 Å². The molecule has 0 radical (unpaired) electrons. The second kappa shape index (κ2) is 7.29. The molecule has 4 aromatic rings. The van der Waals surface area contributed by atoms with Gasteiger partial charge in [-0.15, -0.1) is 0 Å². The smallest absolute Gasteiger partial charge is 0.255 e. The molecule has 0 unspecified atom stereocenters. The zero-order chi connectivity index (χ0) is 18.6. The Morgan fingerprint density at radius 1 is 1.04 bits per heavy atom. The number of carbonyl (C=O) groups excluding carboxylic acids is 1. The summed E-state index contributed by atoms with van der Waals surface area (Å²) in [7, 11) is 0. The van der Waals surface area contributed by atoms with E-state index in [0.29, 0.717) is 29.4 Å². The molecule has 1 N–H and O–H groups in total. The highest BCUT2D eigenvalue weighted by molar-refractivity contribution is 5.96. The van der Waals surface area contributed by atoms with Gasteiger partial charge in [0.25, 0.3) is 5.91 Å². The highest BCUT2D eigenvalue weighted by Gasteiger charge is 2.13. The number of imidazole rings is 1. The van der Waals surface area contributed by atoms with E-state index in [1.165, 1.54) is 0 Å². The largest absolute Gasteiger partial charge is 0.457 e. The Morgan fingerprint density at radius 2 is 1.81 bits per heavy atom. The molecule has 2 aromatic carbocycles. The van der Waals surface area contributed by atoms with Crippen LogP contribution < -0.4 is 10.1 Å². The van der Waals surface area contributed by atoms with Gasteiger partial charge in [0.2, 0.25) is 5.78 Å². The second-order valence-corrected chi connectivity index (χ2v) is 6.10. The standard InChI is InChI=1S/C21H18N4O2/c1-15-11-12-25-14-16(24-21(25)23-15)13-22-20(26)18-9-5-6-10-19(18)27-17-7-3-2-4-8-17/h2-12,14H,13H2,1H3,(H,22,26). The number of nitrogens with zero attached hydrogens (tertiary/aromatic N) is 3. The van der Waals surface area contributed by atoms with Crippen molar-refractivity contribution in [2.24, 2.45) is 0 Å². The molecule has 1 amide bonds. The fourth-order valence-electron chi connectivity index (χ4n) is 2.72. The second-order valence-electron chi connectivity index (χ2n) is 6.10. The molecule has 134 valence electrons. The van der Waals surface area contributed by atoms with Crippen LogP contribution in [0.4, 0.5) is 0 Å². The van der Waals surface area contributed by atoms with Crippen LogP contribution in [0.25, 0.3) is 5.78 Å². The van der Waals surface area contributed by atoms with Crippen molar-refractivity contribution in [3.8, 4) is 11.5 Å². The Hall–Kier alpha value is -3.67. The van der Waals surface area contributed by atoms with Crippen molar-refractivity contribution in [1.29, 1.82) is 0 Å².